The first kappa shape index (κ1) is 19.4. The van der Waals surface area contributed by atoms with Crippen LogP contribution in [-0.2, 0) is 6.42 Å². The van der Waals surface area contributed by atoms with Crippen LogP contribution in [0.5, 0.6) is 11.8 Å². The number of aryl methyl sites for hydroxylation is 1. The number of hydrogen-bond acceptors (Lipinski definition) is 8. The Kier molecular flexibility index (Phi) is 4.46. The van der Waals surface area contributed by atoms with E-state index in [1.165, 1.54) is 6.07 Å². The van der Waals surface area contributed by atoms with Crippen LogP contribution in [0.3, 0.4) is 0 Å². The van der Waals surface area contributed by atoms with E-state index >= 15 is 0 Å². The summed E-state index contributed by atoms with van der Waals surface area (Å²) in [4.78, 5) is 20.2. The Morgan fingerprint density at radius 2 is 2.03 bits per heavy atom. The third-order valence-corrected chi connectivity index (χ3v) is 6.67. The van der Waals surface area contributed by atoms with Crippen molar-refractivity contribution >= 4 is 11.5 Å². The molecule has 8 nitrogen and oxygen atoms in total. The van der Waals surface area contributed by atoms with Crippen LogP contribution in [0.4, 0.5) is 15.9 Å². The number of aromatic nitrogens is 4. The van der Waals surface area contributed by atoms with Gasteiger partial charge in [0.15, 0.2) is 5.75 Å². The largest absolute Gasteiger partial charge is 0.421 e. The molecule has 2 aromatic heterocycles. The normalized spacial score (nSPS) is 20.8. The fourth-order valence-electron chi connectivity index (χ4n) is 5.15. The Bertz CT molecular complexity index is 1190. The Balaban J connectivity index is 1.46. The van der Waals surface area contributed by atoms with E-state index in [1.54, 1.807) is 18.5 Å². The van der Waals surface area contributed by atoms with E-state index in [0.717, 1.165) is 59.9 Å². The van der Waals surface area contributed by atoms with E-state index in [1.807, 2.05) is 14.0 Å². The van der Waals surface area contributed by atoms with Crippen LogP contribution < -0.4 is 20.3 Å². The highest BCUT2D eigenvalue weighted by molar-refractivity contribution is 5.88. The van der Waals surface area contributed by atoms with Gasteiger partial charge < -0.3 is 20.3 Å². The van der Waals surface area contributed by atoms with Crippen molar-refractivity contribution in [1.29, 1.82) is 0 Å². The number of benzene rings is 1. The van der Waals surface area contributed by atoms with Crippen LogP contribution in [0.15, 0.2) is 24.5 Å². The second-order valence-corrected chi connectivity index (χ2v) is 8.64. The van der Waals surface area contributed by atoms with Crippen molar-refractivity contribution in [3.8, 4) is 22.9 Å². The highest BCUT2D eigenvalue weighted by Gasteiger charge is 2.39. The minimum absolute atomic E-state index is 0.260. The summed E-state index contributed by atoms with van der Waals surface area (Å²) in [5, 5.41) is 6.71. The van der Waals surface area contributed by atoms with Crippen LogP contribution in [-0.4, -0.2) is 52.7 Å². The lowest BCUT2D eigenvalue weighted by Crippen LogP contribution is -2.30. The van der Waals surface area contributed by atoms with Gasteiger partial charge >= 0.3 is 6.01 Å². The van der Waals surface area contributed by atoms with E-state index in [0.29, 0.717) is 30.0 Å². The first-order valence-corrected chi connectivity index (χ1v) is 11.0. The summed E-state index contributed by atoms with van der Waals surface area (Å²) in [5.41, 5.74) is 4.42. The van der Waals surface area contributed by atoms with Gasteiger partial charge in [-0.15, -0.1) is 0 Å². The molecular weight excluding hydrogens is 409 g/mol. The predicted molar refractivity (Wildman–Crippen MR) is 119 cm³/mol. The summed E-state index contributed by atoms with van der Waals surface area (Å²) in [5.74, 6) is 2.28. The predicted octanol–water partition coefficient (Wildman–Crippen LogP) is 2.92. The molecule has 0 amide bonds. The lowest BCUT2D eigenvalue weighted by Gasteiger charge is -2.22. The van der Waals surface area contributed by atoms with E-state index < -0.39 is 0 Å². The number of nitrogens with zero attached hydrogens (tertiary/aromatic N) is 5. The first-order chi connectivity index (χ1) is 15.6. The molecule has 2 N–H and O–H groups in total. The van der Waals surface area contributed by atoms with Gasteiger partial charge in [0.2, 0.25) is 0 Å². The maximum atomic E-state index is 14.5. The fraction of sp³-hybridized carbons (Fsp3) is 0.391. The number of ether oxygens (including phenoxy) is 1. The standard InChI is InChI=1S/C23H24FN7O/c1-12-27-8-15(9-28-12)32-23-29-19-7-16-17(5-14(24)6-18(16)25-2)21(19)22(30-23)31-10-13-3-4-26-20(13)11-31/h5-6,8-9,13,20,25-26H,3-4,7,10-11H2,1-2H3. The SMILES string of the molecule is CNc1cc(F)cc2c1Cc1nc(Oc3cnc(C)nc3)nc(N3CC4CCNC4C3)c1-2. The van der Waals surface area contributed by atoms with Gasteiger partial charge in [0.1, 0.15) is 17.5 Å². The minimum atomic E-state index is -0.274. The molecule has 0 saturated carbocycles. The second kappa shape index (κ2) is 7.37. The molecule has 32 heavy (non-hydrogen) atoms. The smallest absolute Gasteiger partial charge is 0.324 e. The lowest BCUT2D eigenvalue weighted by atomic mass is 10.0. The van der Waals surface area contributed by atoms with E-state index in [2.05, 4.69) is 25.5 Å². The highest BCUT2D eigenvalue weighted by Crippen LogP contribution is 2.46. The van der Waals surface area contributed by atoms with Crippen LogP contribution >= 0.6 is 0 Å². The average molecular weight is 433 g/mol. The van der Waals surface area contributed by atoms with E-state index in [9.17, 15) is 4.39 Å². The summed E-state index contributed by atoms with van der Waals surface area (Å²) >= 11 is 0. The molecule has 1 aliphatic carbocycles. The molecule has 2 saturated heterocycles. The number of hydrogen-bond donors (Lipinski definition) is 2. The second-order valence-electron chi connectivity index (χ2n) is 8.64. The molecule has 2 fully saturated rings. The topological polar surface area (TPSA) is 88.1 Å². The Labute approximate surface area is 185 Å². The van der Waals surface area contributed by atoms with Gasteiger partial charge in [-0.05, 0) is 49.1 Å². The summed E-state index contributed by atoms with van der Waals surface area (Å²) in [7, 11) is 1.81. The van der Waals surface area contributed by atoms with Crippen molar-refractivity contribution in [3.05, 3.63) is 47.4 Å². The molecule has 164 valence electrons. The van der Waals surface area contributed by atoms with Gasteiger partial charge in [-0.2, -0.15) is 9.97 Å². The third-order valence-electron chi connectivity index (χ3n) is 6.67. The van der Waals surface area contributed by atoms with Crippen molar-refractivity contribution in [1.82, 2.24) is 25.3 Å². The molecule has 0 radical (unpaired) electrons. The zero-order valence-corrected chi connectivity index (χ0v) is 18.0. The molecule has 2 unspecified atom stereocenters. The molecule has 3 aliphatic rings. The average Bonchev–Trinajstić information content (AvgIpc) is 3.47. The van der Waals surface area contributed by atoms with Crippen molar-refractivity contribution < 1.29 is 9.13 Å². The van der Waals surface area contributed by atoms with E-state index in [4.69, 9.17) is 14.7 Å². The van der Waals surface area contributed by atoms with Crippen molar-refractivity contribution in [2.45, 2.75) is 25.8 Å². The summed E-state index contributed by atoms with van der Waals surface area (Å²) in [6, 6.07) is 3.84. The maximum Gasteiger partial charge on any atom is 0.324 e. The Morgan fingerprint density at radius 1 is 1.19 bits per heavy atom. The monoisotopic (exact) mass is 433 g/mol. The Morgan fingerprint density at radius 3 is 2.81 bits per heavy atom. The molecule has 3 aromatic rings. The lowest BCUT2D eigenvalue weighted by molar-refractivity contribution is 0.435. The van der Waals surface area contributed by atoms with Crippen LogP contribution in [0.2, 0.25) is 0 Å². The molecule has 1 aromatic carbocycles. The maximum absolute atomic E-state index is 14.5. The molecule has 4 heterocycles. The minimum Gasteiger partial charge on any atom is -0.421 e. The number of fused-ring (bicyclic) bond motifs is 4. The third kappa shape index (κ3) is 3.15. The van der Waals surface area contributed by atoms with Crippen LogP contribution in [0, 0.1) is 18.7 Å². The fourth-order valence-corrected chi connectivity index (χ4v) is 5.15. The van der Waals surface area contributed by atoms with Crippen molar-refractivity contribution in [3.63, 3.8) is 0 Å². The van der Waals surface area contributed by atoms with Gasteiger partial charge in [0, 0.05) is 43.9 Å². The molecule has 6 rings (SSSR count). The summed E-state index contributed by atoms with van der Waals surface area (Å²) in [6.45, 7) is 4.66. The number of nitrogens with one attached hydrogen (secondary N) is 2. The zero-order chi connectivity index (χ0) is 21.8. The molecule has 0 bridgehead atoms. The molecule has 0 spiro atoms. The number of rotatable bonds is 4. The molecule has 9 heteroatoms. The van der Waals surface area contributed by atoms with Gasteiger partial charge in [0.25, 0.3) is 0 Å². The molecule has 2 aliphatic heterocycles. The summed E-state index contributed by atoms with van der Waals surface area (Å²) in [6.07, 6.45) is 4.99. The number of halogens is 1. The highest BCUT2D eigenvalue weighted by atomic mass is 19.1. The van der Waals surface area contributed by atoms with Gasteiger partial charge in [0.05, 0.1) is 18.1 Å². The molecule has 2 atom stereocenters. The quantitative estimate of drug-likeness (QED) is 0.508. The van der Waals surface area contributed by atoms with E-state index in [-0.39, 0.29) is 11.8 Å². The van der Waals surface area contributed by atoms with Gasteiger partial charge in [-0.25, -0.2) is 14.4 Å². The van der Waals surface area contributed by atoms with Crippen molar-refractivity contribution in [2.75, 3.05) is 36.9 Å². The first-order valence-electron chi connectivity index (χ1n) is 11.0. The van der Waals surface area contributed by atoms with Crippen molar-refractivity contribution in [2.24, 2.45) is 5.92 Å². The molecular formula is C23H24FN7O. The summed E-state index contributed by atoms with van der Waals surface area (Å²) < 4.78 is 20.4. The van der Waals surface area contributed by atoms with Gasteiger partial charge in [-0.1, -0.05) is 0 Å². The van der Waals surface area contributed by atoms with Crippen LogP contribution in [0.25, 0.3) is 11.1 Å². The Hall–Kier alpha value is -3.33. The van der Waals surface area contributed by atoms with Crippen LogP contribution in [0.1, 0.15) is 23.5 Å². The number of anilines is 2. The zero-order valence-electron chi connectivity index (χ0n) is 18.0. The van der Waals surface area contributed by atoms with Gasteiger partial charge in [-0.3, -0.25) is 0 Å².